The molecule has 6 nitrogen and oxygen atoms in total. The fourth-order valence-corrected chi connectivity index (χ4v) is 5.12. The first kappa shape index (κ1) is 14.9. The number of fused-ring (bicyclic) bond motifs is 1. The molecule has 2 aromatic rings. The number of aromatic amines is 1. The summed E-state index contributed by atoms with van der Waals surface area (Å²) in [6.07, 6.45) is 3.41. The van der Waals surface area contributed by atoms with E-state index in [-0.39, 0.29) is 10.5 Å². The third-order valence-corrected chi connectivity index (χ3v) is 6.83. The van der Waals surface area contributed by atoms with Gasteiger partial charge in [-0.1, -0.05) is 18.2 Å². The third kappa shape index (κ3) is 2.39. The average molecular weight is 333 g/mol. The summed E-state index contributed by atoms with van der Waals surface area (Å²) in [5.41, 5.74) is -0.264. The van der Waals surface area contributed by atoms with Gasteiger partial charge in [0.15, 0.2) is 0 Å². The fraction of sp³-hybridized carbons (Fsp3) is 0.438. The second-order valence-corrected chi connectivity index (χ2v) is 8.13. The average Bonchev–Trinajstić information content (AvgIpc) is 2.96. The van der Waals surface area contributed by atoms with Crippen LogP contribution in [0.5, 0.6) is 0 Å². The van der Waals surface area contributed by atoms with E-state index in [4.69, 9.17) is 0 Å². The molecule has 2 fully saturated rings. The Morgan fingerprint density at radius 1 is 1.09 bits per heavy atom. The molecule has 4 rings (SSSR count). The van der Waals surface area contributed by atoms with Crippen molar-refractivity contribution >= 4 is 20.8 Å². The van der Waals surface area contributed by atoms with E-state index in [2.05, 4.69) is 9.88 Å². The van der Waals surface area contributed by atoms with Crippen LogP contribution in [0.1, 0.15) is 12.8 Å². The Kier molecular flexibility index (Phi) is 3.51. The molecule has 23 heavy (non-hydrogen) atoms. The van der Waals surface area contributed by atoms with E-state index in [0.29, 0.717) is 29.9 Å². The van der Waals surface area contributed by atoms with Crippen LogP contribution in [-0.4, -0.2) is 54.8 Å². The largest absolute Gasteiger partial charge is 0.327 e. The first-order chi connectivity index (χ1) is 11.1. The number of aromatic nitrogens is 1. The number of pyridine rings is 1. The van der Waals surface area contributed by atoms with Crippen molar-refractivity contribution in [3.63, 3.8) is 0 Å². The van der Waals surface area contributed by atoms with E-state index in [0.717, 1.165) is 19.5 Å². The van der Waals surface area contributed by atoms with E-state index in [1.54, 1.807) is 28.6 Å². The number of nitrogens with zero attached hydrogens (tertiary/aromatic N) is 2. The van der Waals surface area contributed by atoms with Crippen molar-refractivity contribution in [2.24, 2.45) is 0 Å². The number of benzene rings is 1. The van der Waals surface area contributed by atoms with Crippen LogP contribution in [0.2, 0.25) is 0 Å². The molecule has 0 aliphatic carbocycles. The molecule has 0 amide bonds. The molecule has 0 bridgehead atoms. The first-order valence-electron chi connectivity index (χ1n) is 7.92. The second kappa shape index (κ2) is 5.43. The lowest BCUT2D eigenvalue weighted by molar-refractivity contribution is 0.125. The lowest BCUT2D eigenvalue weighted by Gasteiger charge is -2.36. The van der Waals surface area contributed by atoms with Gasteiger partial charge in [-0.05, 0) is 32.0 Å². The first-order valence-corrected chi connectivity index (χ1v) is 9.36. The van der Waals surface area contributed by atoms with Crippen LogP contribution in [-0.2, 0) is 10.0 Å². The molecule has 2 aliphatic rings. The molecule has 2 aliphatic heterocycles. The van der Waals surface area contributed by atoms with Crippen LogP contribution in [0.3, 0.4) is 0 Å². The minimum absolute atomic E-state index is 0.192. The highest BCUT2D eigenvalue weighted by molar-refractivity contribution is 7.89. The molecule has 122 valence electrons. The van der Waals surface area contributed by atoms with E-state index in [9.17, 15) is 13.2 Å². The van der Waals surface area contributed by atoms with Gasteiger partial charge in [-0.15, -0.1) is 0 Å². The number of rotatable bonds is 3. The lowest BCUT2D eigenvalue weighted by Crippen LogP contribution is -2.46. The van der Waals surface area contributed by atoms with E-state index >= 15 is 0 Å². The normalized spacial score (nSPS) is 23.2. The van der Waals surface area contributed by atoms with Gasteiger partial charge in [0.05, 0.1) is 0 Å². The molecule has 1 atom stereocenters. The van der Waals surface area contributed by atoms with Crippen LogP contribution in [0.25, 0.3) is 10.8 Å². The zero-order valence-corrected chi connectivity index (χ0v) is 13.6. The Bertz CT molecular complexity index is 902. The second-order valence-electron chi connectivity index (χ2n) is 6.22. The van der Waals surface area contributed by atoms with Gasteiger partial charge in [0, 0.05) is 36.1 Å². The molecular weight excluding hydrogens is 314 g/mol. The number of likely N-dealkylation sites (tertiary alicyclic amines) is 1. The zero-order chi connectivity index (χ0) is 16.0. The van der Waals surface area contributed by atoms with Crippen LogP contribution >= 0.6 is 0 Å². The van der Waals surface area contributed by atoms with Gasteiger partial charge in [-0.3, -0.25) is 9.69 Å². The van der Waals surface area contributed by atoms with Gasteiger partial charge in [0.1, 0.15) is 4.90 Å². The molecule has 0 saturated carbocycles. The van der Waals surface area contributed by atoms with Crippen molar-refractivity contribution in [2.75, 3.05) is 26.2 Å². The van der Waals surface area contributed by atoms with Crippen molar-refractivity contribution in [2.45, 2.75) is 23.8 Å². The molecule has 1 N–H and O–H groups in total. The Hall–Kier alpha value is -1.70. The minimum atomic E-state index is -3.60. The topological polar surface area (TPSA) is 73.5 Å². The number of hydrogen-bond acceptors (Lipinski definition) is 4. The van der Waals surface area contributed by atoms with Gasteiger partial charge >= 0.3 is 0 Å². The zero-order valence-electron chi connectivity index (χ0n) is 12.7. The Morgan fingerprint density at radius 2 is 1.83 bits per heavy atom. The molecule has 1 aromatic heterocycles. The molecule has 7 heteroatoms. The summed E-state index contributed by atoms with van der Waals surface area (Å²) in [5.74, 6) is 0. The van der Waals surface area contributed by atoms with Gasteiger partial charge < -0.3 is 4.98 Å². The number of sulfonamides is 1. The molecule has 1 aromatic carbocycles. The lowest BCUT2D eigenvalue weighted by atomic mass is 10.1. The van der Waals surface area contributed by atoms with Crippen molar-refractivity contribution in [1.29, 1.82) is 0 Å². The van der Waals surface area contributed by atoms with E-state index < -0.39 is 10.0 Å². The molecular formula is C16H19N3O3S. The van der Waals surface area contributed by atoms with Gasteiger partial charge in [-0.2, -0.15) is 4.31 Å². The maximum absolute atomic E-state index is 13.0. The van der Waals surface area contributed by atoms with Gasteiger partial charge in [0.25, 0.3) is 5.56 Å². The number of H-pyrrole nitrogens is 1. The van der Waals surface area contributed by atoms with Crippen LogP contribution in [0.4, 0.5) is 0 Å². The van der Waals surface area contributed by atoms with Gasteiger partial charge in [0.2, 0.25) is 10.0 Å². The number of hydrogen-bond donors (Lipinski definition) is 1. The highest BCUT2D eigenvalue weighted by Gasteiger charge is 2.37. The predicted octanol–water partition coefficient (Wildman–Crippen LogP) is 0.997. The Morgan fingerprint density at radius 3 is 2.52 bits per heavy atom. The van der Waals surface area contributed by atoms with Gasteiger partial charge in [-0.25, -0.2) is 8.42 Å². The van der Waals surface area contributed by atoms with Crippen molar-refractivity contribution in [1.82, 2.24) is 14.2 Å². The summed E-state index contributed by atoms with van der Waals surface area (Å²) in [5, 5.41) is 0.899. The minimum Gasteiger partial charge on any atom is -0.327 e. The van der Waals surface area contributed by atoms with E-state index in [1.807, 2.05) is 0 Å². The maximum atomic E-state index is 13.0. The van der Waals surface area contributed by atoms with Crippen LogP contribution < -0.4 is 5.56 Å². The monoisotopic (exact) mass is 333 g/mol. The fourth-order valence-electron chi connectivity index (χ4n) is 3.47. The molecule has 0 unspecified atom stereocenters. The summed E-state index contributed by atoms with van der Waals surface area (Å²) >= 11 is 0. The summed E-state index contributed by atoms with van der Waals surface area (Å²) in [6.45, 7) is 3.22. The Labute approximate surface area is 134 Å². The van der Waals surface area contributed by atoms with Crippen molar-refractivity contribution < 1.29 is 8.42 Å². The summed E-state index contributed by atoms with van der Waals surface area (Å²) in [6, 6.07) is 7.17. The SMILES string of the molecule is O=c1[nH]cc(S(=O)(=O)N2CC[C@@H](N3CCC3)C2)c2ccccc12. The highest BCUT2D eigenvalue weighted by atomic mass is 32.2. The summed E-state index contributed by atoms with van der Waals surface area (Å²) in [4.78, 5) is 17.0. The smallest absolute Gasteiger partial charge is 0.255 e. The number of nitrogens with one attached hydrogen (secondary N) is 1. The standard InChI is InChI=1S/C16H19N3O3S/c20-16-14-5-2-1-4-13(14)15(10-17-16)23(21,22)19-9-6-12(11-19)18-7-3-8-18/h1-2,4-5,10,12H,3,6-9,11H2,(H,17,20)/t12-/m1/s1. The van der Waals surface area contributed by atoms with Crippen LogP contribution in [0.15, 0.2) is 40.2 Å². The van der Waals surface area contributed by atoms with E-state index in [1.165, 1.54) is 12.6 Å². The van der Waals surface area contributed by atoms with Crippen molar-refractivity contribution in [3.05, 3.63) is 40.8 Å². The highest BCUT2D eigenvalue weighted by Crippen LogP contribution is 2.28. The molecule has 0 radical (unpaired) electrons. The maximum Gasteiger partial charge on any atom is 0.255 e. The molecule has 3 heterocycles. The quantitative estimate of drug-likeness (QED) is 0.909. The Balaban J connectivity index is 1.72. The molecule has 2 saturated heterocycles. The summed E-state index contributed by atoms with van der Waals surface area (Å²) in [7, 11) is -3.60. The third-order valence-electron chi connectivity index (χ3n) is 4.92. The van der Waals surface area contributed by atoms with Crippen LogP contribution in [0, 0.1) is 0 Å². The molecule has 0 spiro atoms. The predicted molar refractivity (Wildman–Crippen MR) is 87.9 cm³/mol. The van der Waals surface area contributed by atoms with Crippen molar-refractivity contribution in [3.8, 4) is 0 Å². The summed E-state index contributed by atoms with van der Waals surface area (Å²) < 4.78 is 27.6.